The van der Waals surface area contributed by atoms with E-state index in [1.54, 1.807) is 6.07 Å². The quantitative estimate of drug-likeness (QED) is 0.809. The molecule has 1 heterocycles. The van der Waals surface area contributed by atoms with Crippen molar-refractivity contribution in [2.24, 2.45) is 0 Å². The molecule has 0 unspecified atom stereocenters. The highest BCUT2D eigenvalue weighted by atomic mass is 32.2. The van der Waals surface area contributed by atoms with Gasteiger partial charge in [-0.05, 0) is 40.5 Å². The minimum atomic E-state index is -3.62. The van der Waals surface area contributed by atoms with E-state index in [-0.39, 0.29) is 11.8 Å². The van der Waals surface area contributed by atoms with Crippen molar-refractivity contribution >= 4 is 10.0 Å². The first-order valence-electron chi connectivity index (χ1n) is 8.08. The normalized spacial score (nSPS) is 12.6. The molecule has 2 rings (SSSR count). The predicted molar refractivity (Wildman–Crippen MR) is 93.5 cm³/mol. The van der Waals surface area contributed by atoms with Crippen LogP contribution in [0.2, 0.25) is 0 Å². The van der Waals surface area contributed by atoms with Crippen LogP contribution in [0.15, 0.2) is 35.7 Å². The van der Waals surface area contributed by atoms with Gasteiger partial charge in [-0.25, -0.2) is 17.4 Å². The third-order valence-corrected chi connectivity index (χ3v) is 5.78. The molecule has 1 aromatic heterocycles. The predicted octanol–water partition coefficient (Wildman–Crippen LogP) is 4.49. The Morgan fingerprint density at radius 1 is 0.913 bits per heavy atom. The van der Waals surface area contributed by atoms with Crippen LogP contribution >= 0.6 is 0 Å². The molecule has 0 aliphatic carbocycles. The van der Waals surface area contributed by atoms with Crippen molar-refractivity contribution in [1.29, 1.82) is 0 Å². The first kappa shape index (κ1) is 17.7. The summed E-state index contributed by atoms with van der Waals surface area (Å²) in [5.74, 6) is 0.747. The molecule has 0 fully saturated rings. The molecule has 0 atom stereocenters. The van der Waals surface area contributed by atoms with Gasteiger partial charge in [-0.2, -0.15) is 0 Å². The number of rotatable bonds is 5. The molecule has 23 heavy (non-hydrogen) atoms. The molecule has 0 N–H and O–H groups in total. The third kappa shape index (κ3) is 3.20. The summed E-state index contributed by atoms with van der Waals surface area (Å²) in [5.41, 5.74) is 3.32. The van der Waals surface area contributed by atoms with Crippen LogP contribution in [0.1, 0.15) is 76.0 Å². The van der Waals surface area contributed by atoms with Crippen molar-refractivity contribution in [2.45, 2.75) is 64.2 Å². The van der Waals surface area contributed by atoms with E-state index in [1.807, 2.05) is 6.07 Å². The highest BCUT2D eigenvalue weighted by Crippen LogP contribution is 2.37. The molecule has 0 saturated heterocycles. The molecular formula is C18H26N2O2S. The molecule has 1 aromatic carbocycles. The second-order valence-electron chi connectivity index (χ2n) is 6.84. The summed E-state index contributed by atoms with van der Waals surface area (Å²) in [7, 11) is -3.62. The van der Waals surface area contributed by atoms with E-state index in [4.69, 9.17) is 0 Å². The van der Waals surface area contributed by atoms with E-state index in [0.29, 0.717) is 10.8 Å². The Kier molecular flexibility index (Phi) is 4.99. The number of imidazole rings is 1. The van der Waals surface area contributed by atoms with E-state index >= 15 is 0 Å². The monoisotopic (exact) mass is 334 g/mol. The van der Waals surface area contributed by atoms with Crippen molar-refractivity contribution in [3.05, 3.63) is 47.5 Å². The molecule has 126 valence electrons. The Labute approximate surface area is 139 Å². The van der Waals surface area contributed by atoms with Crippen LogP contribution in [-0.4, -0.2) is 17.4 Å². The zero-order valence-corrected chi connectivity index (χ0v) is 15.6. The van der Waals surface area contributed by atoms with Gasteiger partial charge in [-0.15, -0.1) is 0 Å². The number of benzene rings is 1. The summed E-state index contributed by atoms with van der Waals surface area (Å²) in [6.07, 6.45) is 4.30. The summed E-state index contributed by atoms with van der Waals surface area (Å²) in [6.45, 7) is 12.7. The van der Waals surface area contributed by atoms with Gasteiger partial charge in [0.05, 0.1) is 4.90 Å². The standard InChI is InChI=1S/C18H26N2O2S/c1-12(2)15-7-8-16(18(14(5)6)17(15)13(3)4)23(21,22)20-10-9-19-11-20/h7-14H,1-6H3. The van der Waals surface area contributed by atoms with Gasteiger partial charge in [-0.1, -0.05) is 47.6 Å². The van der Waals surface area contributed by atoms with Crippen LogP contribution in [-0.2, 0) is 10.0 Å². The molecule has 0 spiro atoms. The average molecular weight is 334 g/mol. The SMILES string of the molecule is CC(C)c1ccc(S(=O)(=O)n2ccnc2)c(C(C)C)c1C(C)C. The Balaban J connectivity index is 2.83. The van der Waals surface area contributed by atoms with E-state index in [0.717, 1.165) is 11.1 Å². The Bertz CT molecular complexity index is 774. The molecule has 4 nitrogen and oxygen atoms in total. The molecule has 0 bridgehead atoms. The highest BCUT2D eigenvalue weighted by Gasteiger charge is 2.27. The van der Waals surface area contributed by atoms with Crippen LogP contribution in [0.5, 0.6) is 0 Å². The van der Waals surface area contributed by atoms with Crippen molar-refractivity contribution < 1.29 is 8.42 Å². The van der Waals surface area contributed by atoms with Crippen molar-refractivity contribution in [2.75, 3.05) is 0 Å². The molecule has 0 aliphatic rings. The van der Waals surface area contributed by atoms with Gasteiger partial charge in [0.2, 0.25) is 0 Å². The number of aromatic nitrogens is 2. The Hall–Kier alpha value is -1.62. The maximum Gasteiger partial charge on any atom is 0.269 e. The van der Waals surface area contributed by atoms with E-state index in [1.165, 1.54) is 28.3 Å². The molecule has 5 heteroatoms. The summed E-state index contributed by atoms with van der Waals surface area (Å²) in [6, 6.07) is 3.72. The average Bonchev–Trinajstić information content (AvgIpc) is 3.00. The lowest BCUT2D eigenvalue weighted by Crippen LogP contribution is -2.17. The first-order chi connectivity index (χ1) is 10.7. The molecule has 0 saturated carbocycles. The van der Waals surface area contributed by atoms with Gasteiger partial charge in [0, 0.05) is 12.4 Å². The summed E-state index contributed by atoms with van der Waals surface area (Å²) in [4.78, 5) is 4.26. The van der Waals surface area contributed by atoms with Crippen LogP contribution in [0.25, 0.3) is 0 Å². The second-order valence-corrected chi connectivity index (χ2v) is 8.65. The van der Waals surface area contributed by atoms with Gasteiger partial charge >= 0.3 is 0 Å². The van der Waals surface area contributed by atoms with E-state index in [2.05, 4.69) is 46.5 Å². The topological polar surface area (TPSA) is 52.0 Å². The summed E-state index contributed by atoms with van der Waals surface area (Å²) >= 11 is 0. The summed E-state index contributed by atoms with van der Waals surface area (Å²) in [5, 5.41) is 0. The van der Waals surface area contributed by atoms with Crippen LogP contribution < -0.4 is 0 Å². The molecule has 0 radical (unpaired) electrons. The lowest BCUT2D eigenvalue weighted by molar-refractivity contribution is 0.583. The number of hydrogen-bond acceptors (Lipinski definition) is 3. The van der Waals surface area contributed by atoms with Crippen LogP contribution in [0.3, 0.4) is 0 Å². The fourth-order valence-corrected chi connectivity index (χ4v) is 4.59. The third-order valence-electron chi connectivity index (χ3n) is 4.09. The van der Waals surface area contributed by atoms with Gasteiger partial charge in [-0.3, -0.25) is 0 Å². The van der Waals surface area contributed by atoms with E-state index in [9.17, 15) is 8.42 Å². The van der Waals surface area contributed by atoms with Crippen LogP contribution in [0.4, 0.5) is 0 Å². The zero-order chi connectivity index (χ0) is 17.4. The van der Waals surface area contributed by atoms with Gasteiger partial charge in [0.1, 0.15) is 6.33 Å². The van der Waals surface area contributed by atoms with Crippen molar-refractivity contribution in [1.82, 2.24) is 8.96 Å². The molecular weight excluding hydrogens is 308 g/mol. The number of hydrogen-bond donors (Lipinski definition) is 0. The fraction of sp³-hybridized carbons (Fsp3) is 0.500. The van der Waals surface area contributed by atoms with Gasteiger partial charge in [0.25, 0.3) is 10.0 Å². The van der Waals surface area contributed by atoms with Crippen molar-refractivity contribution in [3.63, 3.8) is 0 Å². The van der Waals surface area contributed by atoms with Gasteiger partial charge in [0.15, 0.2) is 0 Å². The zero-order valence-electron chi connectivity index (χ0n) is 14.7. The number of nitrogens with zero attached hydrogens (tertiary/aromatic N) is 2. The van der Waals surface area contributed by atoms with Crippen LogP contribution in [0, 0.1) is 0 Å². The van der Waals surface area contributed by atoms with Gasteiger partial charge < -0.3 is 0 Å². The van der Waals surface area contributed by atoms with Crippen molar-refractivity contribution in [3.8, 4) is 0 Å². The van der Waals surface area contributed by atoms with E-state index < -0.39 is 10.0 Å². The smallest absolute Gasteiger partial charge is 0.244 e. The Morgan fingerprint density at radius 3 is 1.96 bits per heavy atom. The lowest BCUT2D eigenvalue weighted by Gasteiger charge is -2.25. The fourth-order valence-electron chi connectivity index (χ4n) is 3.10. The first-order valence-corrected chi connectivity index (χ1v) is 9.52. The minimum Gasteiger partial charge on any atom is -0.244 e. The minimum absolute atomic E-state index is 0.124. The second kappa shape index (κ2) is 6.48. The maximum atomic E-state index is 13.0. The largest absolute Gasteiger partial charge is 0.269 e. The Morgan fingerprint density at radius 2 is 1.52 bits per heavy atom. The maximum absolute atomic E-state index is 13.0. The molecule has 0 amide bonds. The molecule has 2 aromatic rings. The highest BCUT2D eigenvalue weighted by molar-refractivity contribution is 7.90. The summed E-state index contributed by atoms with van der Waals surface area (Å²) < 4.78 is 27.2. The lowest BCUT2D eigenvalue weighted by atomic mass is 9.83. The molecule has 0 aliphatic heterocycles.